The van der Waals surface area contributed by atoms with E-state index in [0.717, 1.165) is 51.5 Å². The summed E-state index contributed by atoms with van der Waals surface area (Å²) in [6, 6.07) is -0.0446. The van der Waals surface area contributed by atoms with Crippen molar-refractivity contribution in [3.8, 4) is 0 Å². The van der Waals surface area contributed by atoms with E-state index < -0.39 is 5.54 Å². The van der Waals surface area contributed by atoms with E-state index in [0.29, 0.717) is 0 Å². The number of rotatable bonds is 2. The zero-order valence-corrected chi connectivity index (χ0v) is 10.7. The molecule has 1 aliphatic carbocycles. The van der Waals surface area contributed by atoms with E-state index in [1.165, 1.54) is 0 Å². The summed E-state index contributed by atoms with van der Waals surface area (Å²) in [5.74, 6) is 0.0585. The molecule has 0 aromatic carbocycles. The Morgan fingerprint density at radius 2 is 2.06 bits per heavy atom. The Kier molecular flexibility index (Phi) is 4.05. The molecular weight excluding hydrogens is 216 g/mol. The molecule has 17 heavy (non-hydrogen) atoms. The first kappa shape index (κ1) is 12.8. The third-order valence-corrected chi connectivity index (χ3v) is 4.17. The standard InChI is InChI=1S/C13H24N2O2/c1-13(8-4-5-9-14-13)12(17)15-10-6-2-3-7-11(10)16/h10-11,14,16H,2-9H2,1H3,(H,15,17)/t10-,11-,13?/m0/s1. The van der Waals surface area contributed by atoms with Crippen LogP contribution in [-0.4, -0.2) is 35.2 Å². The van der Waals surface area contributed by atoms with Gasteiger partial charge in [-0.1, -0.05) is 12.8 Å². The average Bonchev–Trinajstić information content (AvgIpc) is 2.33. The highest BCUT2D eigenvalue weighted by molar-refractivity contribution is 5.86. The second-order valence-electron chi connectivity index (χ2n) is 5.65. The predicted molar refractivity (Wildman–Crippen MR) is 66.7 cm³/mol. The monoisotopic (exact) mass is 240 g/mol. The molecule has 2 fully saturated rings. The van der Waals surface area contributed by atoms with Crippen molar-refractivity contribution < 1.29 is 9.90 Å². The molecule has 1 unspecified atom stereocenters. The zero-order chi connectivity index (χ0) is 12.3. The van der Waals surface area contributed by atoms with E-state index in [9.17, 15) is 9.90 Å². The Hall–Kier alpha value is -0.610. The van der Waals surface area contributed by atoms with Gasteiger partial charge in [-0.05, 0) is 45.6 Å². The van der Waals surface area contributed by atoms with Gasteiger partial charge in [0.2, 0.25) is 5.91 Å². The second kappa shape index (κ2) is 5.36. The van der Waals surface area contributed by atoms with Crippen LogP contribution in [0.25, 0.3) is 0 Å². The van der Waals surface area contributed by atoms with Crippen LogP contribution in [-0.2, 0) is 4.79 Å². The van der Waals surface area contributed by atoms with Crippen LogP contribution in [0, 0.1) is 0 Å². The molecule has 4 heteroatoms. The summed E-state index contributed by atoms with van der Waals surface area (Å²) in [4.78, 5) is 12.2. The average molecular weight is 240 g/mol. The SMILES string of the molecule is CC1(C(=O)N[C@H]2CCCC[C@@H]2O)CCCCN1. The maximum atomic E-state index is 12.2. The number of piperidine rings is 1. The molecule has 2 aliphatic rings. The molecule has 0 aromatic rings. The summed E-state index contributed by atoms with van der Waals surface area (Å²) in [5.41, 5.74) is -0.435. The summed E-state index contributed by atoms with van der Waals surface area (Å²) in [6.07, 6.45) is 6.67. The molecule has 0 aromatic heterocycles. The third-order valence-electron chi connectivity index (χ3n) is 4.17. The van der Waals surface area contributed by atoms with Crippen molar-refractivity contribution in [2.24, 2.45) is 0 Å². The van der Waals surface area contributed by atoms with Crippen molar-refractivity contribution in [1.29, 1.82) is 0 Å². The molecule has 1 amide bonds. The van der Waals surface area contributed by atoms with Crippen LogP contribution in [0.3, 0.4) is 0 Å². The van der Waals surface area contributed by atoms with Gasteiger partial charge in [0, 0.05) is 0 Å². The predicted octanol–water partition coefficient (Wildman–Crippen LogP) is 0.938. The number of hydrogen-bond donors (Lipinski definition) is 3. The number of amides is 1. The van der Waals surface area contributed by atoms with Crippen molar-refractivity contribution in [3.05, 3.63) is 0 Å². The Morgan fingerprint density at radius 1 is 1.29 bits per heavy atom. The first-order valence-electron chi connectivity index (χ1n) is 6.86. The molecule has 98 valence electrons. The van der Waals surface area contributed by atoms with Crippen LogP contribution in [0.1, 0.15) is 51.9 Å². The Morgan fingerprint density at radius 3 is 2.71 bits per heavy atom. The molecule has 3 N–H and O–H groups in total. The van der Waals surface area contributed by atoms with E-state index in [-0.39, 0.29) is 18.1 Å². The number of nitrogens with one attached hydrogen (secondary N) is 2. The van der Waals surface area contributed by atoms with Crippen molar-refractivity contribution in [2.45, 2.75) is 69.6 Å². The lowest BCUT2D eigenvalue weighted by molar-refractivity contribution is -0.130. The normalized spacial score (nSPS) is 38.7. The highest BCUT2D eigenvalue weighted by Crippen LogP contribution is 2.22. The van der Waals surface area contributed by atoms with Gasteiger partial charge in [0.25, 0.3) is 0 Å². The Balaban J connectivity index is 1.90. The molecule has 2 rings (SSSR count). The number of carbonyl (C=O) groups excluding carboxylic acids is 1. The van der Waals surface area contributed by atoms with E-state index in [4.69, 9.17) is 0 Å². The van der Waals surface area contributed by atoms with Crippen molar-refractivity contribution >= 4 is 5.91 Å². The molecule has 0 bridgehead atoms. The molecule has 1 saturated heterocycles. The summed E-state index contributed by atoms with van der Waals surface area (Å²) in [5, 5.41) is 16.2. The van der Waals surface area contributed by atoms with Gasteiger partial charge in [0.05, 0.1) is 17.7 Å². The minimum Gasteiger partial charge on any atom is -0.391 e. The van der Waals surface area contributed by atoms with Gasteiger partial charge in [-0.3, -0.25) is 4.79 Å². The van der Waals surface area contributed by atoms with Gasteiger partial charge in [0.1, 0.15) is 0 Å². The number of carbonyl (C=O) groups is 1. The molecule has 0 radical (unpaired) electrons. The van der Waals surface area contributed by atoms with Crippen LogP contribution in [0.15, 0.2) is 0 Å². The van der Waals surface area contributed by atoms with E-state index in [1.54, 1.807) is 0 Å². The van der Waals surface area contributed by atoms with Gasteiger partial charge < -0.3 is 15.7 Å². The third kappa shape index (κ3) is 2.99. The summed E-state index contributed by atoms with van der Waals surface area (Å²) in [6.45, 7) is 2.88. The zero-order valence-electron chi connectivity index (χ0n) is 10.7. The number of aliphatic hydroxyl groups is 1. The summed E-state index contributed by atoms with van der Waals surface area (Å²) < 4.78 is 0. The van der Waals surface area contributed by atoms with Gasteiger partial charge in [-0.25, -0.2) is 0 Å². The van der Waals surface area contributed by atoms with Crippen molar-refractivity contribution in [3.63, 3.8) is 0 Å². The van der Waals surface area contributed by atoms with E-state index in [1.807, 2.05) is 6.92 Å². The van der Waals surface area contributed by atoms with E-state index in [2.05, 4.69) is 10.6 Å². The lowest BCUT2D eigenvalue weighted by atomic mass is 9.88. The Bertz CT molecular complexity index is 275. The first-order valence-corrected chi connectivity index (χ1v) is 6.86. The Labute approximate surface area is 103 Å². The fourth-order valence-electron chi connectivity index (χ4n) is 2.86. The van der Waals surface area contributed by atoms with Crippen molar-refractivity contribution in [2.75, 3.05) is 6.54 Å². The van der Waals surface area contributed by atoms with Gasteiger partial charge >= 0.3 is 0 Å². The van der Waals surface area contributed by atoms with Gasteiger partial charge in [0.15, 0.2) is 0 Å². The molecule has 0 spiro atoms. The molecule has 3 atom stereocenters. The minimum atomic E-state index is -0.435. The molecular formula is C13H24N2O2. The smallest absolute Gasteiger partial charge is 0.240 e. The largest absolute Gasteiger partial charge is 0.391 e. The van der Waals surface area contributed by atoms with Crippen LogP contribution >= 0.6 is 0 Å². The summed E-state index contributed by atoms with van der Waals surface area (Å²) in [7, 11) is 0. The van der Waals surface area contributed by atoms with Crippen molar-refractivity contribution in [1.82, 2.24) is 10.6 Å². The highest BCUT2D eigenvalue weighted by Gasteiger charge is 2.36. The molecule has 1 saturated carbocycles. The second-order valence-corrected chi connectivity index (χ2v) is 5.65. The van der Waals surface area contributed by atoms with Crippen LogP contribution < -0.4 is 10.6 Å². The summed E-state index contributed by atoms with van der Waals surface area (Å²) >= 11 is 0. The topological polar surface area (TPSA) is 61.4 Å². The first-order chi connectivity index (χ1) is 8.12. The van der Waals surface area contributed by atoms with Gasteiger partial charge in [-0.15, -0.1) is 0 Å². The fourth-order valence-corrected chi connectivity index (χ4v) is 2.86. The quantitative estimate of drug-likeness (QED) is 0.673. The maximum Gasteiger partial charge on any atom is 0.240 e. The number of hydrogen-bond acceptors (Lipinski definition) is 3. The molecule has 1 aliphatic heterocycles. The maximum absolute atomic E-state index is 12.2. The lowest BCUT2D eigenvalue weighted by Crippen LogP contribution is -2.60. The molecule has 4 nitrogen and oxygen atoms in total. The minimum absolute atomic E-state index is 0.0446. The fraction of sp³-hybridized carbons (Fsp3) is 0.923. The highest BCUT2D eigenvalue weighted by atomic mass is 16.3. The van der Waals surface area contributed by atoms with Crippen LogP contribution in [0.4, 0.5) is 0 Å². The molecule has 1 heterocycles. The van der Waals surface area contributed by atoms with E-state index >= 15 is 0 Å². The lowest BCUT2D eigenvalue weighted by Gasteiger charge is -2.36. The van der Waals surface area contributed by atoms with Gasteiger partial charge in [-0.2, -0.15) is 0 Å². The number of aliphatic hydroxyl groups excluding tert-OH is 1. The van der Waals surface area contributed by atoms with Crippen LogP contribution in [0.5, 0.6) is 0 Å². The van der Waals surface area contributed by atoms with Crippen LogP contribution in [0.2, 0.25) is 0 Å².